The summed E-state index contributed by atoms with van der Waals surface area (Å²) in [4.78, 5) is 14.3. The van der Waals surface area contributed by atoms with E-state index in [1.54, 1.807) is 25.2 Å². The van der Waals surface area contributed by atoms with Crippen molar-refractivity contribution in [2.24, 2.45) is 0 Å². The molecule has 3 rings (SSSR count). The van der Waals surface area contributed by atoms with Crippen LogP contribution in [0, 0.1) is 0 Å². The summed E-state index contributed by atoms with van der Waals surface area (Å²) < 4.78 is 10.6. The Bertz CT molecular complexity index is 838. The van der Waals surface area contributed by atoms with Gasteiger partial charge in [-0.3, -0.25) is 4.79 Å². The number of nitrogens with zero attached hydrogens (tertiary/aromatic N) is 1. The minimum Gasteiger partial charge on any atom is -0.497 e. The van der Waals surface area contributed by atoms with Crippen LogP contribution in [-0.2, 0) is 17.8 Å². The number of benzene rings is 2. The van der Waals surface area contributed by atoms with Crippen LogP contribution in [0.2, 0.25) is 0 Å². The number of piperidine rings is 1. The van der Waals surface area contributed by atoms with Crippen LogP contribution in [0.3, 0.4) is 0 Å². The standard InChI is InChI=1S/C24H32N2O5/c1-30-20-12-19(13-21(14-20)31-2)15-25-16-24(29)17-26(11-10-22(24)27)23(28)9-8-18-6-4-3-5-7-18/h3-7,12-14,22,25,27,29H,8-11,15-17H2,1-2H3/t22-,24+/m0/s1. The van der Waals surface area contributed by atoms with Crippen LogP contribution in [0.25, 0.3) is 0 Å². The molecular weight excluding hydrogens is 396 g/mol. The molecule has 0 aliphatic carbocycles. The number of aliphatic hydroxyl groups is 2. The molecule has 0 aromatic heterocycles. The molecule has 0 spiro atoms. The molecule has 2 atom stereocenters. The third-order valence-corrected chi connectivity index (χ3v) is 5.75. The number of carbonyl (C=O) groups is 1. The molecular formula is C24H32N2O5. The van der Waals surface area contributed by atoms with Gasteiger partial charge in [0.05, 0.1) is 26.9 Å². The van der Waals surface area contributed by atoms with Crippen molar-refractivity contribution < 1.29 is 24.5 Å². The maximum Gasteiger partial charge on any atom is 0.223 e. The Kier molecular flexibility index (Phi) is 7.90. The highest BCUT2D eigenvalue weighted by molar-refractivity contribution is 5.76. The molecule has 0 unspecified atom stereocenters. The zero-order chi connectivity index (χ0) is 22.3. The number of nitrogens with one attached hydrogen (secondary N) is 1. The molecule has 168 valence electrons. The average Bonchev–Trinajstić information content (AvgIpc) is 2.79. The molecule has 1 amide bonds. The fraction of sp³-hybridized carbons (Fsp3) is 0.458. The van der Waals surface area contributed by atoms with Gasteiger partial charge in [-0.1, -0.05) is 30.3 Å². The van der Waals surface area contributed by atoms with Crippen LogP contribution in [0.15, 0.2) is 48.5 Å². The first-order chi connectivity index (χ1) is 14.9. The molecule has 1 aliphatic heterocycles. The predicted molar refractivity (Wildman–Crippen MR) is 118 cm³/mol. The summed E-state index contributed by atoms with van der Waals surface area (Å²) in [6, 6.07) is 15.4. The lowest BCUT2D eigenvalue weighted by atomic mass is 9.89. The van der Waals surface area contributed by atoms with E-state index in [1.807, 2.05) is 42.5 Å². The van der Waals surface area contributed by atoms with Gasteiger partial charge >= 0.3 is 0 Å². The van der Waals surface area contributed by atoms with Gasteiger partial charge in [-0.15, -0.1) is 0 Å². The number of aliphatic hydroxyl groups excluding tert-OH is 1. The first-order valence-electron chi connectivity index (χ1n) is 10.6. The van der Waals surface area contributed by atoms with Gasteiger partial charge in [0.25, 0.3) is 0 Å². The van der Waals surface area contributed by atoms with E-state index in [0.717, 1.165) is 11.1 Å². The predicted octanol–water partition coefficient (Wildman–Crippen LogP) is 1.75. The van der Waals surface area contributed by atoms with Gasteiger partial charge in [0.15, 0.2) is 0 Å². The number of aryl methyl sites for hydroxylation is 1. The maximum absolute atomic E-state index is 12.7. The molecule has 2 aromatic rings. The number of β-amino-alcohol motifs (C(OH)–C–C–N with tert-alkyl or cyclic N) is 1. The zero-order valence-corrected chi connectivity index (χ0v) is 18.2. The SMILES string of the molecule is COc1cc(CNC[C@@]2(O)CN(C(=O)CCc3ccccc3)CC[C@@H]2O)cc(OC)c1. The molecule has 0 bridgehead atoms. The number of carbonyl (C=O) groups excluding carboxylic acids is 1. The summed E-state index contributed by atoms with van der Waals surface area (Å²) in [6.45, 7) is 1.18. The lowest BCUT2D eigenvalue weighted by Gasteiger charge is -2.43. The number of rotatable bonds is 9. The van der Waals surface area contributed by atoms with Gasteiger partial charge in [-0.25, -0.2) is 0 Å². The lowest BCUT2D eigenvalue weighted by Crippen LogP contribution is -2.62. The van der Waals surface area contributed by atoms with E-state index < -0.39 is 11.7 Å². The highest BCUT2D eigenvalue weighted by Crippen LogP contribution is 2.24. The number of hydrogen-bond donors (Lipinski definition) is 3. The molecule has 7 nitrogen and oxygen atoms in total. The normalized spacial score (nSPS) is 21.0. The molecule has 31 heavy (non-hydrogen) atoms. The third kappa shape index (κ3) is 6.19. The Morgan fingerprint density at radius 3 is 2.45 bits per heavy atom. The molecule has 1 saturated heterocycles. The van der Waals surface area contributed by atoms with E-state index in [2.05, 4.69) is 5.32 Å². The molecule has 7 heteroatoms. The summed E-state index contributed by atoms with van der Waals surface area (Å²) in [5, 5.41) is 24.7. The molecule has 0 saturated carbocycles. The molecule has 2 aromatic carbocycles. The molecule has 1 aliphatic rings. The Hall–Kier alpha value is -2.61. The van der Waals surface area contributed by atoms with Crippen molar-refractivity contribution in [1.82, 2.24) is 10.2 Å². The lowest BCUT2D eigenvalue weighted by molar-refractivity contribution is -0.151. The van der Waals surface area contributed by atoms with Crippen LogP contribution in [0.5, 0.6) is 11.5 Å². The van der Waals surface area contributed by atoms with Gasteiger partial charge in [0, 0.05) is 32.1 Å². The van der Waals surface area contributed by atoms with Crippen LogP contribution in [-0.4, -0.2) is 66.6 Å². The second-order valence-corrected chi connectivity index (χ2v) is 8.03. The monoisotopic (exact) mass is 428 g/mol. The van der Waals surface area contributed by atoms with Crippen molar-refractivity contribution in [3.8, 4) is 11.5 Å². The second kappa shape index (κ2) is 10.6. The van der Waals surface area contributed by atoms with Gasteiger partial charge in [0.1, 0.15) is 17.1 Å². The fourth-order valence-corrected chi connectivity index (χ4v) is 3.89. The minimum absolute atomic E-state index is 0.00768. The van der Waals surface area contributed by atoms with E-state index in [1.165, 1.54) is 0 Å². The van der Waals surface area contributed by atoms with Crippen LogP contribution >= 0.6 is 0 Å². The van der Waals surface area contributed by atoms with E-state index in [9.17, 15) is 15.0 Å². The maximum atomic E-state index is 12.7. The van der Waals surface area contributed by atoms with E-state index in [-0.39, 0.29) is 19.0 Å². The summed E-state index contributed by atoms with van der Waals surface area (Å²) in [7, 11) is 3.19. The van der Waals surface area contributed by atoms with Crippen molar-refractivity contribution in [1.29, 1.82) is 0 Å². The van der Waals surface area contributed by atoms with Crippen LogP contribution in [0.1, 0.15) is 24.0 Å². The highest BCUT2D eigenvalue weighted by atomic mass is 16.5. The summed E-state index contributed by atoms with van der Waals surface area (Å²) in [5.41, 5.74) is 0.642. The quantitative estimate of drug-likeness (QED) is 0.564. The number of methoxy groups -OCH3 is 2. The van der Waals surface area contributed by atoms with E-state index in [0.29, 0.717) is 43.9 Å². The Morgan fingerprint density at radius 1 is 1.13 bits per heavy atom. The highest BCUT2D eigenvalue weighted by Gasteiger charge is 2.42. The van der Waals surface area contributed by atoms with Crippen molar-refractivity contribution in [2.45, 2.75) is 37.5 Å². The topological polar surface area (TPSA) is 91.3 Å². The van der Waals surface area contributed by atoms with Crippen LogP contribution < -0.4 is 14.8 Å². The molecule has 0 radical (unpaired) electrons. The Morgan fingerprint density at radius 2 is 1.81 bits per heavy atom. The molecule has 3 N–H and O–H groups in total. The largest absolute Gasteiger partial charge is 0.497 e. The first-order valence-corrected chi connectivity index (χ1v) is 10.6. The fourth-order valence-electron chi connectivity index (χ4n) is 3.89. The number of ether oxygens (including phenoxy) is 2. The van der Waals surface area contributed by atoms with Gasteiger partial charge < -0.3 is 29.9 Å². The molecule has 1 heterocycles. The van der Waals surface area contributed by atoms with Gasteiger partial charge in [0.2, 0.25) is 5.91 Å². The summed E-state index contributed by atoms with van der Waals surface area (Å²) in [6.07, 6.45) is 0.501. The van der Waals surface area contributed by atoms with Gasteiger partial charge in [-0.05, 0) is 36.1 Å². The summed E-state index contributed by atoms with van der Waals surface area (Å²) in [5.74, 6) is 1.36. The third-order valence-electron chi connectivity index (χ3n) is 5.75. The Balaban J connectivity index is 1.55. The van der Waals surface area contributed by atoms with Crippen molar-refractivity contribution in [3.63, 3.8) is 0 Å². The van der Waals surface area contributed by atoms with E-state index in [4.69, 9.17) is 9.47 Å². The number of amides is 1. The second-order valence-electron chi connectivity index (χ2n) is 8.03. The average molecular weight is 429 g/mol. The number of hydrogen-bond acceptors (Lipinski definition) is 6. The summed E-state index contributed by atoms with van der Waals surface area (Å²) >= 11 is 0. The van der Waals surface area contributed by atoms with Crippen molar-refractivity contribution >= 4 is 5.91 Å². The van der Waals surface area contributed by atoms with Crippen molar-refractivity contribution in [2.75, 3.05) is 33.9 Å². The van der Waals surface area contributed by atoms with Crippen LogP contribution in [0.4, 0.5) is 0 Å². The van der Waals surface area contributed by atoms with E-state index >= 15 is 0 Å². The number of likely N-dealkylation sites (tertiary alicyclic amines) is 1. The first kappa shape index (κ1) is 23.1. The molecule has 1 fully saturated rings. The smallest absolute Gasteiger partial charge is 0.223 e. The minimum atomic E-state index is -1.40. The van der Waals surface area contributed by atoms with Gasteiger partial charge in [-0.2, -0.15) is 0 Å². The van der Waals surface area contributed by atoms with Crippen molar-refractivity contribution in [3.05, 3.63) is 59.7 Å². The zero-order valence-electron chi connectivity index (χ0n) is 18.2. The Labute approximate surface area is 183 Å².